The van der Waals surface area contributed by atoms with Gasteiger partial charge >= 0.3 is 0 Å². The maximum atomic E-state index is 12.7. The third-order valence-corrected chi connectivity index (χ3v) is 5.90. The molecule has 1 aliphatic rings. The summed E-state index contributed by atoms with van der Waals surface area (Å²) in [6.45, 7) is 3.80. The fourth-order valence-corrected chi connectivity index (χ4v) is 4.41. The second kappa shape index (κ2) is 6.36. The summed E-state index contributed by atoms with van der Waals surface area (Å²) in [7, 11) is -2.15. The van der Waals surface area contributed by atoms with Gasteiger partial charge in [-0.15, -0.1) is 10.2 Å². The SMILES string of the molecule is COc1ccc(OC2CCN(S(=O)(=O)c3c(C)noc3C)C2)nn1. The summed E-state index contributed by atoms with van der Waals surface area (Å²) in [4.78, 5) is 0.132. The third kappa shape index (κ3) is 3.06. The van der Waals surface area contributed by atoms with Crippen molar-refractivity contribution in [3.8, 4) is 11.8 Å². The van der Waals surface area contributed by atoms with Gasteiger partial charge in [0.15, 0.2) is 5.76 Å². The van der Waals surface area contributed by atoms with Crippen LogP contribution in [0.3, 0.4) is 0 Å². The summed E-state index contributed by atoms with van der Waals surface area (Å²) < 4.78 is 42.5. The molecule has 0 radical (unpaired) electrons. The standard InChI is InChI=1S/C14H18N4O5S/c1-9-14(10(2)23-17-9)24(19,20)18-7-6-11(8-18)22-13-5-4-12(21-3)15-16-13/h4-5,11H,6-8H2,1-3H3. The van der Waals surface area contributed by atoms with Crippen molar-refractivity contribution in [2.24, 2.45) is 0 Å². The topological polar surface area (TPSA) is 108 Å². The van der Waals surface area contributed by atoms with Gasteiger partial charge in [-0.2, -0.15) is 4.31 Å². The number of ether oxygens (including phenoxy) is 2. The maximum absolute atomic E-state index is 12.7. The Kier molecular flexibility index (Phi) is 4.41. The van der Waals surface area contributed by atoms with Gasteiger partial charge in [0.25, 0.3) is 0 Å². The Labute approximate surface area is 139 Å². The van der Waals surface area contributed by atoms with E-state index in [1.165, 1.54) is 11.4 Å². The largest absolute Gasteiger partial charge is 0.480 e. The predicted molar refractivity (Wildman–Crippen MR) is 82.4 cm³/mol. The highest BCUT2D eigenvalue weighted by atomic mass is 32.2. The van der Waals surface area contributed by atoms with Crippen molar-refractivity contribution < 1.29 is 22.4 Å². The Morgan fingerprint density at radius 2 is 1.96 bits per heavy atom. The average molecular weight is 354 g/mol. The molecule has 2 aromatic heterocycles. The van der Waals surface area contributed by atoms with Crippen molar-refractivity contribution >= 4 is 10.0 Å². The van der Waals surface area contributed by atoms with E-state index in [1.807, 2.05) is 0 Å². The van der Waals surface area contributed by atoms with Crippen LogP contribution in [0.2, 0.25) is 0 Å². The van der Waals surface area contributed by atoms with Gasteiger partial charge in [0, 0.05) is 18.7 Å². The molecule has 0 bridgehead atoms. The number of nitrogens with zero attached hydrogens (tertiary/aromatic N) is 4. The Hall–Kier alpha value is -2.20. The first-order valence-electron chi connectivity index (χ1n) is 7.39. The molecular weight excluding hydrogens is 336 g/mol. The van der Waals surface area contributed by atoms with E-state index in [-0.39, 0.29) is 23.3 Å². The van der Waals surface area contributed by atoms with Crippen LogP contribution in [-0.4, -0.2) is 54.4 Å². The lowest BCUT2D eigenvalue weighted by Gasteiger charge is -2.16. The molecule has 9 nitrogen and oxygen atoms in total. The molecule has 0 N–H and O–H groups in total. The van der Waals surface area contributed by atoms with Crippen LogP contribution >= 0.6 is 0 Å². The highest BCUT2D eigenvalue weighted by molar-refractivity contribution is 7.89. The van der Waals surface area contributed by atoms with Gasteiger partial charge in [-0.25, -0.2) is 8.42 Å². The zero-order valence-electron chi connectivity index (χ0n) is 13.6. The quantitative estimate of drug-likeness (QED) is 0.780. The van der Waals surface area contributed by atoms with Crippen molar-refractivity contribution in [1.82, 2.24) is 19.7 Å². The highest BCUT2D eigenvalue weighted by Gasteiger charge is 2.37. The van der Waals surface area contributed by atoms with Gasteiger partial charge < -0.3 is 14.0 Å². The first-order valence-corrected chi connectivity index (χ1v) is 8.83. The van der Waals surface area contributed by atoms with Crippen LogP contribution in [0.25, 0.3) is 0 Å². The molecule has 1 aliphatic heterocycles. The van der Waals surface area contributed by atoms with Gasteiger partial charge in [0.2, 0.25) is 21.8 Å². The molecule has 0 amide bonds. The van der Waals surface area contributed by atoms with Crippen LogP contribution in [-0.2, 0) is 10.0 Å². The smallest absolute Gasteiger partial charge is 0.248 e. The number of methoxy groups -OCH3 is 1. The Bertz CT molecular complexity index is 799. The van der Waals surface area contributed by atoms with Gasteiger partial charge in [-0.05, 0) is 20.3 Å². The van der Waals surface area contributed by atoms with E-state index < -0.39 is 10.0 Å². The van der Waals surface area contributed by atoms with E-state index in [0.29, 0.717) is 30.4 Å². The molecule has 3 rings (SSSR count). The van der Waals surface area contributed by atoms with Crippen LogP contribution in [0.1, 0.15) is 17.9 Å². The first-order chi connectivity index (χ1) is 11.4. The summed E-state index contributed by atoms with van der Waals surface area (Å²) in [6, 6.07) is 3.27. The number of aromatic nitrogens is 3. The van der Waals surface area contributed by atoms with E-state index in [0.717, 1.165) is 0 Å². The van der Waals surface area contributed by atoms with Crippen molar-refractivity contribution in [3.63, 3.8) is 0 Å². The fraction of sp³-hybridized carbons (Fsp3) is 0.500. The number of sulfonamides is 1. The lowest BCUT2D eigenvalue weighted by Crippen LogP contribution is -2.31. The molecule has 0 aromatic carbocycles. The average Bonchev–Trinajstić information content (AvgIpc) is 3.15. The van der Waals surface area contributed by atoms with Gasteiger partial charge in [-0.1, -0.05) is 5.16 Å². The monoisotopic (exact) mass is 354 g/mol. The molecule has 10 heteroatoms. The summed E-state index contributed by atoms with van der Waals surface area (Å²) >= 11 is 0. The van der Waals surface area contributed by atoms with E-state index in [1.54, 1.807) is 26.0 Å². The molecule has 130 valence electrons. The summed E-state index contributed by atoms with van der Waals surface area (Å²) in [5.41, 5.74) is 0.359. The maximum Gasteiger partial charge on any atom is 0.248 e. The van der Waals surface area contributed by atoms with Gasteiger partial charge in [0.1, 0.15) is 16.7 Å². The minimum atomic E-state index is -3.65. The Balaban J connectivity index is 1.70. The number of hydrogen-bond acceptors (Lipinski definition) is 8. The van der Waals surface area contributed by atoms with Crippen molar-refractivity contribution in [2.45, 2.75) is 31.3 Å². The summed E-state index contributed by atoms with van der Waals surface area (Å²) in [6.07, 6.45) is 0.277. The number of aryl methyl sites for hydroxylation is 2. The van der Waals surface area contributed by atoms with E-state index in [2.05, 4.69) is 15.4 Å². The molecule has 0 aliphatic carbocycles. The van der Waals surface area contributed by atoms with Crippen molar-refractivity contribution in [3.05, 3.63) is 23.6 Å². The van der Waals surface area contributed by atoms with Crippen molar-refractivity contribution in [1.29, 1.82) is 0 Å². The first kappa shape index (κ1) is 16.7. The van der Waals surface area contributed by atoms with Gasteiger partial charge in [-0.3, -0.25) is 0 Å². The minimum absolute atomic E-state index is 0.132. The summed E-state index contributed by atoms with van der Waals surface area (Å²) in [5, 5.41) is 11.4. The van der Waals surface area contributed by atoms with E-state index in [4.69, 9.17) is 14.0 Å². The number of rotatable bonds is 5. The predicted octanol–water partition coefficient (Wildman–Crippen LogP) is 0.932. The molecule has 0 saturated carbocycles. The Morgan fingerprint density at radius 3 is 2.54 bits per heavy atom. The molecule has 1 fully saturated rings. The van der Waals surface area contributed by atoms with E-state index in [9.17, 15) is 8.42 Å². The van der Waals surface area contributed by atoms with Gasteiger partial charge in [0.05, 0.1) is 13.7 Å². The molecule has 2 aromatic rings. The fourth-order valence-electron chi connectivity index (χ4n) is 2.63. The van der Waals surface area contributed by atoms with Crippen LogP contribution in [0.4, 0.5) is 0 Å². The molecule has 1 unspecified atom stereocenters. The van der Waals surface area contributed by atoms with Crippen LogP contribution in [0.15, 0.2) is 21.6 Å². The third-order valence-electron chi connectivity index (χ3n) is 3.79. The second-order valence-electron chi connectivity index (χ2n) is 5.46. The molecule has 1 atom stereocenters. The van der Waals surface area contributed by atoms with Crippen LogP contribution < -0.4 is 9.47 Å². The zero-order valence-corrected chi connectivity index (χ0v) is 14.4. The normalized spacial score (nSPS) is 18.7. The van der Waals surface area contributed by atoms with Crippen LogP contribution in [0, 0.1) is 13.8 Å². The lowest BCUT2D eigenvalue weighted by molar-refractivity contribution is 0.203. The number of hydrogen-bond donors (Lipinski definition) is 0. The molecule has 3 heterocycles. The van der Waals surface area contributed by atoms with E-state index >= 15 is 0 Å². The van der Waals surface area contributed by atoms with Crippen LogP contribution in [0.5, 0.6) is 11.8 Å². The molecular formula is C14H18N4O5S. The summed E-state index contributed by atoms with van der Waals surface area (Å²) in [5.74, 6) is 1.01. The van der Waals surface area contributed by atoms with Crippen molar-refractivity contribution in [2.75, 3.05) is 20.2 Å². The highest BCUT2D eigenvalue weighted by Crippen LogP contribution is 2.27. The Morgan fingerprint density at radius 1 is 1.25 bits per heavy atom. The molecule has 1 saturated heterocycles. The zero-order chi connectivity index (χ0) is 17.3. The lowest BCUT2D eigenvalue weighted by atomic mass is 10.3. The molecule has 0 spiro atoms. The molecule has 24 heavy (non-hydrogen) atoms. The second-order valence-corrected chi connectivity index (χ2v) is 7.33. The minimum Gasteiger partial charge on any atom is -0.480 e.